The standard InChI is InChI=1S/C16H15ClFN.ClH/c17-13-7-8-15(18)14(10-13)11-3-5-12(6-4-11)16-2-1-9-19-16;/h3-8,10,16,19H,1-2,9H2;1H. The third kappa shape index (κ3) is 3.14. The molecule has 0 aromatic heterocycles. The van der Waals surface area contributed by atoms with Gasteiger partial charge < -0.3 is 5.32 Å². The molecule has 0 bridgehead atoms. The van der Waals surface area contributed by atoms with E-state index in [1.54, 1.807) is 12.1 Å². The molecule has 106 valence electrons. The van der Waals surface area contributed by atoms with Crippen LogP contribution in [0.25, 0.3) is 11.1 Å². The van der Waals surface area contributed by atoms with Crippen molar-refractivity contribution in [1.29, 1.82) is 0 Å². The predicted octanol–water partition coefficient (Wildman–Crippen LogP) is 4.99. The topological polar surface area (TPSA) is 12.0 Å². The van der Waals surface area contributed by atoms with Gasteiger partial charge in [0, 0.05) is 16.6 Å². The average Bonchev–Trinajstić information content (AvgIpc) is 2.96. The minimum atomic E-state index is -0.240. The quantitative estimate of drug-likeness (QED) is 0.823. The van der Waals surface area contributed by atoms with Crippen LogP contribution in [-0.4, -0.2) is 6.54 Å². The molecule has 0 saturated carbocycles. The molecular formula is C16H16Cl2FN. The van der Waals surface area contributed by atoms with E-state index in [0.717, 1.165) is 12.1 Å². The summed E-state index contributed by atoms with van der Waals surface area (Å²) in [6, 6.07) is 13.1. The van der Waals surface area contributed by atoms with Crippen molar-refractivity contribution in [3.8, 4) is 11.1 Å². The van der Waals surface area contributed by atoms with Gasteiger partial charge in [-0.25, -0.2) is 4.39 Å². The number of nitrogens with one attached hydrogen (secondary N) is 1. The second-order valence-electron chi connectivity index (χ2n) is 4.90. The van der Waals surface area contributed by atoms with E-state index in [4.69, 9.17) is 11.6 Å². The van der Waals surface area contributed by atoms with Crippen molar-refractivity contribution >= 4 is 24.0 Å². The molecule has 0 amide bonds. The van der Waals surface area contributed by atoms with Crippen LogP contribution in [0.3, 0.4) is 0 Å². The lowest BCUT2D eigenvalue weighted by atomic mass is 10.00. The average molecular weight is 312 g/mol. The number of benzene rings is 2. The molecule has 0 radical (unpaired) electrons. The lowest BCUT2D eigenvalue weighted by molar-refractivity contribution is 0.631. The van der Waals surface area contributed by atoms with Crippen LogP contribution in [0.1, 0.15) is 24.4 Å². The van der Waals surface area contributed by atoms with Crippen LogP contribution in [0.2, 0.25) is 5.02 Å². The molecular weight excluding hydrogens is 296 g/mol. The summed E-state index contributed by atoms with van der Waals surface area (Å²) in [5.41, 5.74) is 2.68. The Kier molecular flexibility index (Phi) is 5.03. The Morgan fingerprint density at radius 2 is 1.85 bits per heavy atom. The second-order valence-corrected chi connectivity index (χ2v) is 5.33. The molecule has 2 aromatic rings. The van der Waals surface area contributed by atoms with Crippen molar-refractivity contribution in [1.82, 2.24) is 5.32 Å². The van der Waals surface area contributed by atoms with Crippen molar-refractivity contribution in [2.75, 3.05) is 6.54 Å². The molecule has 1 N–H and O–H groups in total. The van der Waals surface area contributed by atoms with Crippen LogP contribution in [0.4, 0.5) is 4.39 Å². The molecule has 1 saturated heterocycles. The summed E-state index contributed by atoms with van der Waals surface area (Å²) in [5, 5.41) is 4.01. The summed E-state index contributed by atoms with van der Waals surface area (Å²) in [7, 11) is 0. The Morgan fingerprint density at radius 3 is 2.50 bits per heavy atom. The Balaban J connectivity index is 0.00000147. The maximum Gasteiger partial charge on any atom is 0.131 e. The normalized spacial score (nSPS) is 17.8. The van der Waals surface area contributed by atoms with Crippen LogP contribution in [0.15, 0.2) is 42.5 Å². The van der Waals surface area contributed by atoms with E-state index >= 15 is 0 Å². The first-order chi connectivity index (χ1) is 9.24. The third-order valence-electron chi connectivity index (χ3n) is 3.61. The van der Waals surface area contributed by atoms with E-state index in [2.05, 4.69) is 17.4 Å². The minimum Gasteiger partial charge on any atom is -0.310 e. The summed E-state index contributed by atoms with van der Waals surface area (Å²) in [5.74, 6) is -0.240. The highest BCUT2D eigenvalue weighted by Gasteiger charge is 2.16. The summed E-state index contributed by atoms with van der Waals surface area (Å²) in [6.07, 6.45) is 2.39. The highest BCUT2D eigenvalue weighted by molar-refractivity contribution is 6.30. The van der Waals surface area contributed by atoms with E-state index in [1.165, 1.54) is 24.5 Å². The molecule has 4 heteroatoms. The summed E-state index contributed by atoms with van der Waals surface area (Å²) < 4.78 is 13.8. The molecule has 2 aromatic carbocycles. The maximum absolute atomic E-state index is 13.8. The highest BCUT2D eigenvalue weighted by atomic mass is 35.5. The Morgan fingerprint density at radius 1 is 1.10 bits per heavy atom. The number of halogens is 3. The van der Waals surface area contributed by atoms with E-state index < -0.39 is 0 Å². The fraction of sp³-hybridized carbons (Fsp3) is 0.250. The van der Waals surface area contributed by atoms with Gasteiger partial charge in [0.1, 0.15) is 5.82 Å². The Bertz CT molecular complexity index is 578. The van der Waals surface area contributed by atoms with Crippen molar-refractivity contribution < 1.29 is 4.39 Å². The number of rotatable bonds is 2. The van der Waals surface area contributed by atoms with Gasteiger partial charge in [-0.15, -0.1) is 12.4 Å². The number of hydrogen-bond acceptors (Lipinski definition) is 1. The minimum absolute atomic E-state index is 0. The lowest BCUT2D eigenvalue weighted by Crippen LogP contribution is -2.12. The second kappa shape index (κ2) is 6.57. The predicted molar refractivity (Wildman–Crippen MR) is 84.1 cm³/mol. The van der Waals surface area contributed by atoms with Gasteiger partial charge in [-0.05, 0) is 48.7 Å². The maximum atomic E-state index is 13.8. The van der Waals surface area contributed by atoms with Gasteiger partial charge in [-0.3, -0.25) is 0 Å². The van der Waals surface area contributed by atoms with Crippen LogP contribution in [0.5, 0.6) is 0 Å². The SMILES string of the molecule is Cl.Fc1ccc(Cl)cc1-c1ccc(C2CCCN2)cc1. The largest absolute Gasteiger partial charge is 0.310 e. The van der Waals surface area contributed by atoms with Crippen molar-refractivity contribution in [2.24, 2.45) is 0 Å². The van der Waals surface area contributed by atoms with Gasteiger partial charge in [0.15, 0.2) is 0 Å². The van der Waals surface area contributed by atoms with Crippen LogP contribution < -0.4 is 5.32 Å². The molecule has 1 unspecified atom stereocenters. The summed E-state index contributed by atoms with van der Waals surface area (Å²) in [6.45, 7) is 1.08. The first kappa shape index (κ1) is 15.3. The van der Waals surface area contributed by atoms with Crippen LogP contribution in [0, 0.1) is 5.82 Å². The Labute approximate surface area is 129 Å². The first-order valence-electron chi connectivity index (χ1n) is 6.53. The summed E-state index contributed by atoms with van der Waals surface area (Å²) in [4.78, 5) is 0. The zero-order valence-corrected chi connectivity index (χ0v) is 12.5. The van der Waals surface area contributed by atoms with E-state index in [0.29, 0.717) is 16.6 Å². The molecule has 0 spiro atoms. The van der Waals surface area contributed by atoms with E-state index in [-0.39, 0.29) is 18.2 Å². The molecule has 1 aliphatic heterocycles. The van der Waals surface area contributed by atoms with Crippen molar-refractivity contribution in [3.63, 3.8) is 0 Å². The van der Waals surface area contributed by atoms with Gasteiger partial charge in [-0.2, -0.15) is 0 Å². The third-order valence-corrected chi connectivity index (χ3v) is 3.85. The van der Waals surface area contributed by atoms with E-state index in [1.807, 2.05) is 12.1 Å². The zero-order chi connectivity index (χ0) is 13.2. The monoisotopic (exact) mass is 311 g/mol. The molecule has 1 nitrogen and oxygen atoms in total. The summed E-state index contributed by atoms with van der Waals surface area (Å²) >= 11 is 5.92. The van der Waals surface area contributed by atoms with Crippen molar-refractivity contribution in [3.05, 3.63) is 58.9 Å². The fourth-order valence-corrected chi connectivity index (χ4v) is 2.75. The molecule has 20 heavy (non-hydrogen) atoms. The van der Waals surface area contributed by atoms with Gasteiger partial charge >= 0.3 is 0 Å². The molecule has 1 aliphatic rings. The highest BCUT2D eigenvalue weighted by Crippen LogP contribution is 2.29. The van der Waals surface area contributed by atoms with Gasteiger partial charge in [0.2, 0.25) is 0 Å². The van der Waals surface area contributed by atoms with E-state index in [9.17, 15) is 4.39 Å². The number of hydrogen-bond donors (Lipinski definition) is 1. The van der Waals surface area contributed by atoms with Crippen molar-refractivity contribution in [2.45, 2.75) is 18.9 Å². The molecule has 1 atom stereocenters. The van der Waals surface area contributed by atoms with Gasteiger partial charge in [0.05, 0.1) is 0 Å². The lowest BCUT2D eigenvalue weighted by Gasteiger charge is -2.11. The molecule has 3 rings (SSSR count). The Hall–Kier alpha value is -1.09. The smallest absolute Gasteiger partial charge is 0.131 e. The molecule has 0 aliphatic carbocycles. The molecule has 1 heterocycles. The van der Waals surface area contributed by atoms with Crippen LogP contribution >= 0.6 is 24.0 Å². The van der Waals surface area contributed by atoms with Gasteiger partial charge in [-0.1, -0.05) is 35.9 Å². The fourth-order valence-electron chi connectivity index (χ4n) is 2.58. The van der Waals surface area contributed by atoms with Gasteiger partial charge in [0.25, 0.3) is 0 Å². The zero-order valence-electron chi connectivity index (χ0n) is 10.9. The molecule has 1 fully saturated rings. The first-order valence-corrected chi connectivity index (χ1v) is 6.90. The van der Waals surface area contributed by atoms with Crippen LogP contribution in [-0.2, 0) is 0 Å².